The molecule has 100 valence electrons. The van der Waals surface area contributed by atoms with Crippen molar-refractivity contribution in [2.75, 3.05) is 33.7 Å². The van der Waals surface area contributed by atoms with E-state index in [1.165, 1.54) is 0 Å². The van der Waals surface area contributed by atoms with Gasteiger partial charge in [-0.2, -0.15) is 0 Å². The van der Waals surface area contributed by atoms with Gasteiger partial charge < -0.3 is 10.0 Å². The summed E-state index contributed by atoms with van der Waals surface area (Å²) in [5.74, 6) is -0.797. The lowest BCUT2D eigenvalue weighted by Gasteiger charge is -2.22. The highest BCUT2D eigenvalue weighted by atomic mass is 16.4. The highest BCUT2D eigenvalue weighted by Gasteiger charge is 2.10. The number of rotatable bonds is 7. The normalized spacial score (nSPS) is 11.2. The van der Waals surface area contributed by atoms with Crippen LogP contribution in [0.2, 0.25) is 0 Å². The summed E-state index contributed by atoms with van der Waals surface area (Å²) in [5.41, 5.74) is 2.01. The van der Waals surface area contributed by atoms with Crippen LogP contribution >= 0.6 is 0 Å². The van der Waals surface area contributed by atoms with Crippen LogP contribution in [0.1, 0.15) is 11.3 Å². The van der Waals surface area contributed by atoms with E-state index in [1.54, 1.807) is 6.20 Å². The fraction of sp³-hybridized carbons (Fsp3) is 0.538. The molecule has 0 aromatic carbocycles. The molecule has 0 amide bonds. The van der Waals surface area contributed by atoms with Gasteiger partial charge in [-0.05, 0) is 32.6 Å². The fourth-order valence-corrected chi connectivity index (χ4v) is 1.60. The Kier molecular flexibility index (Phi) is 5.74. The topological polar surface area (TPSA) is 56.7 Å². The number of carbonyl (C=O) groups is 1. The van der Waals surface area contributed by atoms with Crippen LogP contribution in [0.4, 0.5) is 0 Å². The van der Waals surface area contributed by atoms with Gasteiger partial charge in [0.05, 0.1) is 6.54 Å². The molecule has 0 spiro atoms. The minimum absolute atomic E-state index is 0.0573. The SMILES string of the molecule is Cc1ccc(CN(CCN(C)C)CC(=O)O)cn1. The van der Waals surface area contributed by atoms with Crippen LogP contribution in [0.5, 0.6) is 0 Å². The Balaban J connectivity index is 2.59. The van der Waals surface area contributed by atoms with Gasteiger partial charge in [-0.1, -0.05) is 6.07 Å². The molecule has 0 saturated carbocycles. The number of aryl methyl sites for hydroxylation is 1. The minimum atomic E-state index is -0.797. The smallest absolute Gasteiger partial charge is 0.317 e. The van der Waals surface area contributed by atoms with Gasteiger partial charge in [0.15, 0.2) is 0 Å². The fourth-order valence-electron chi connectivity index (χ4n) is 1.60. The van der Waals surface area contributed by atoms with Crippen molar-refractivity contribution in [2.45, 2.75) is 13.5 Å². The number of aromatic nitrogens is 1. The molecule has 0 atom stereocenters. The molecular weight excluding hydrogens is 230 g/mol. The van der Waals surface area contributed by atoms with Gasteiger partial charge in [-0.15, -0.1) is 0 Å². The molecule has 1 heterocycles. The van der Waals surface area contributed by atoms with Gasteiger partial charge in [0.25, 0.3) is 0 Å². The van der Waals surface area contributed by atoms with E-state index in [2.05, 4.69) is 4.98 Å². The Labute approximate surface area is 108 Å². The lowest BCUT2D eigenvalue weighted by atomic mass is 10.2. The molecule has 1 aromatic rings. The van der Waals surface area contributed by atoms with Crippen LogP contribution in [-0.2, 0) is 11.3 Å². The molecule has 5 heteroatoms. The molecule has 0 aliphatic carbocycles. The van der Waals surface area contributed by atoms with E-state index in [0.717, 1.165) is 24.3 Å². The Morgan fingerprint density at radius 1 is 1.33 bits per heavy atom. The molecular formula is C13H21N3O2. The van der Waals surface area contributed by atoms with Gasteiger partial charge in [0, 0.05) is 31.5 Å². The lowest BCUT2D eigenvalue weighted by Crippen LogP contribution is -2.35. The average Bonchev–Trinajstić information content (AvgIpc) is 2.28. The third kappa shape index (κ3) is 5.75. The third-order valence-corrected chi connectivity index (χ3v) is 2.60. The van der Waals surface area contributed by atoms with E-state index >= 15 is 0 Å². The van der Waals surface area contributed by atoms with Gasteiger partial charge in [0.2, 0.25) is 0 Å². The molecule has 1 N–H and O–H groups in total. The standard InChI is InChI=1S/C13H21N3O2/c1-11-4-5-12(8-14-11)9-16(10-13(17)18)7-6-15(2)3/h4-5,8H,6-7,9-10H2,1-3H3,(H,17,18). The Morgan fingerprint density at radius 3 is 2.56 bits per heavy atom. The number of hydrogen-bond acceptors (Lipinski definition) is 4. The predicted molar refractivity (Wildman–Crippen MR) is 70.4 cm³/mol. The number of pyridine rings is 1. The maximum absolute atomic E-state index is 10.8. The van der Waals surface area contributed by atoms with E-state index in [0.29, 0.717) is 6.54 Å². The predicted octanol–water partition coefficient (Wildman–Crippen LogP) is 0.838. The van der Waals surface area contributed by atoms with E-state index in [4.69, 9.17) is 5.11 Å². The van der Waals surface area contributed by atoms with Gasteiger partial charge in [-0.25, -0.2) is 0 Å². The van der Waals surface area contributed by atoms with Crippen LogP contribution in [-0.4, -0.2) is 59.6 Å². The third-order valence-electron chi connectivity index (χ3n) is 2.60. The number of nitrogens with zero attached hydrogens (tertiary/aromatic N) is 3. The molecule has 0 bridgehead atoms. The summed E-state index contributed by atoms with van der Waals surface area (Å²) in [6, 6.07) is 3.94. The summed E-state index contributed by atoms with van der Waals surface area (Å²) >= 11 is 0. The van der Waals surface area contributed by atoms with Gasteiger partial charge in [0.1, 0.15) is 0 Å². The summed E-state index contributed by atoms with van der Waals surface area (Å²) in [5, 5.41) is 8.90. The number of likely N-dealkylation sites (N-methyl/N-ethyl adjacent to an activating group) is 1. The van der Waals surface area contributed by atoms with Crippen molar-refractivity contribution in [3.05, 3.63) is 29.6 Å². The molecule has 1 aromatic heterocycles. The molecule has 0 radical (unpaired) electrons. The summed E-state index contributed by atoms with van der Waals surface area (Å²) in [6.07, 6.45) is 1.81. The Morgan fingerprint density at radius 2 is 2.06 bits per heavy atom. The maximum Gasteiger partial charge on any atom is 0.317 e. The minimum Gasteiger partial charge on any atom is -0.480 e. The van der Waals surface area contributed by atoms with Crippen molar-refractivity contribution in [1.29, 1.82) is 0 Å². The van der Waals surface area contributed by atoms with Crippen LogP contribution in [0.3, 0.4) is 0 Å². The number of carboxylic acid groups (broad SMARTS) is 1. The number of aliphatic carboxylic acids is 1. The summed E-state index contributed by atoms with van der Waals surface area (Å²) in [7, 11) is 3.96. The number of carboxylic acids is 1. The average molecular weight is 251 g/mol. The molecule has 0 saturated heterocycles. The second-order valence-corrected chi connectivity index (χ2v) is 4.72. The molecule has 0 aliphatic rings. The molecule has 5 nitrogen and oxygen atoms in total. The summed E-state index contributed by atoms with van der Waals surface area (Å²) < 4.78 is 0. The van der Waals surface area contributed by atoms with Crippen LogP contribution in [0.15, 0.2) is 18.3 Å². The highest BCUT2D eigenvalue weighted by molar-refractivity contribution is 5.69. The van der Waals surface area contributed by atoms with Crippen molar-refractivity contribution in [3.63, 3.8) is 0 Å². The van der Waals surface area contributed by atoms with Gasteiger partial charge >= 0.3 is 5.97 Å². The van der Waals surface area contributed by atoms with Crippen LogP contribution in [0, 0.1) is 6.92 Å². The number of hydrogen-bond donors (Lipinski definition) is 1. The van der Waals surface area contributed by atoms with E-state index in [9.17, 15) is 4.79 Å². The van der Waals surface area contributed by atoms with E-state index in [-0.39, 0.29) is 6.54 Å². The zero-order chi connectivity index (χ0) is 13.5. The monoisotopic (exact) mass is 251 g/mol. The van der Waals surface area contributed by atoms with Gasteiger partial charge in [-0.3, -0.25) is 14.7 Å². The zero-order valence-corrected chi connectivity index (χ0v) is 11.3. The van der Waals surface area contributed by atoms with E-state index < -0.39 is 5.97 Å². The van der Waals surface area contributed by atoms with E-state index in [1.807, 2.05) is 43.0 Å². The molecule has 0 aliphatic heterocycles. The first-order valence-corrected chi connectivity index (χ1v) is 5.98. The largest absolute Gasteiger partial charge is 0.480 e. The quantitative estimate of drug-likeness (QED) is 0.778. The van der Waals surface area contributed by atoms with Crippen LogP contribution in [0.25, 0.3) is 0 Å². The highest BCUT2D eigenvalue weighted by Crippen LogP contribution is 2.04. The molecule has 0 fully saturated rings. The maximum atomic E-state index is 10.8. The van der Waals surface area contributed by atoms with Crippen molar-refractivity contribution in [3.8, 4) is 0 Å². The van der Waals surface area contributed by atoms with Crippen molar-refractivity contribution in [1.82, 2.24) is 14.8 Å². The second kappa shape index (κ2) is 7.08. The van der Waals surface area contributed by atoms with Crippen molar-refractivity contribution in [2.24, 2.45) is 0 Å². The first-order valence-electron chi connectivity index (χ1n) is 5.98. The first-order chi connectivity index (χ1) is 8.47. The first kappa shape index (κ1) is 14.6. The van der Waals surface area contributed by atoms with Crippen molar-refractivity contribution >= 4 is 5.97 Å². The molecule has 0 unspecified atom stereocenters. The Hall–Kier alpha value is -1.46. The zero-order valence-electron chi connectivity index (χ0n) is 11.3. The summed E-state index contributed by atoms with van der Waals surface area (Å²) in [6.45, 7) is 4.18. The Bertz CT molecular complexity index is 376. The molecule has 18 heavy (non-hydrogen) atoms. The lowest BCUT2D eigenvalue weighted by molar-refractivity contribution is -0.138. The second-order valence-electron chi connectivity index (χ2n) is 4.72. The molecule has 1 rings (SSSR count). The van der Waals surface area contributed by atoms with Crippen molar-refractivity contribution < 1.29 is 9.90 Å². The summed E-state index contributed by atoms with van der Waals surface area (Å²) in [4.78, 5) is 19.0. The van der Waals surface area contributed by atoms with Crippen LogP contribution < -0.4 is 0 Å².